The molecule has 0 radical (unpaired) electrons. The summed E-state index contributed by atoms with van der Waals surface area (Å²) in [6, 6.07) is -0.0598. The smallest absolute Gasteiger partial charge is 0.320 e. The van der Waals surface area contributed by atoms with Crippen molar-refractivity contribution in [1.82, 2.24) is 19.6 Å². The number of carbonyl (C=O) groups is 4. The molecule has 0 atom stereocenters. The monoisotopic (exact) mass is 412 g/mol. The number of ketones is 1. The van der Waals surface area contributed by atoms with Gasteiger partial charge in [0.1, 0.15) is 19.8 Å². The minimum absolute atomic E-state index is 0.00747. The van der Waals surface area contributed by atoms with Crippen molar-refractivity contribution in [2.75, 3.05) is 72.2 Å². The molecule has 2 rings (SSSR count). The summed E-state index contributed by atoms with van der Waals surface area (Å²) in [6.45, 7) is 8.83. The topological polar surface area (TPSA) is 99.7 Å². The van der Waals surface area contributed by atoms with E-state index in [9.17, 15) is 19.2 Å². The van der Waals surface area contributed by atoms with E-state index in [4.69, 9.17) is 9.47 Å². The van der Waals surface area contributed by atoms with Crippen molar-refractivity contribution in [2.45, 2.75) is 26.9 Å². The van der Waals surface area contributed by atoms with Gasteiger partial charge >= 0.3 is 6.03 Å². The molecule has 2 aliphatic rings. The normalized spacial score (nSPS) is 17.7. The van der Waals surface area contributed by atoms with E-state index in [0.29, 0.717) is 52.4 Å². The molecule has 0 aliphatic carbocycles. The van der Waals surface area contributed by atoms with E-state index >= 15 is 0 Å². The fraction of sp³-hybridized carbons (Fsp3) is 0.789. The van der Waals surface area contributed by atoms with Crippen LogP contribution in [0.25, 0.3) is 0 Å². The quantitative estimate of drug-likeness (QED) is 0.555. The highest BCUT2D eigenvalue weighted by molar-refractivity contribution is 5.80. The second kappa shape index (κ2) is 11.1. The van der Waals surface area contributed by atoms with Crippen molar-refractivity contribution in [3.8, 4) is 0 Å². The van der Waals surface area contributed by atoms with E-state index in [-0.39, 0.29) is 49.6 Å². The molecule has 4 amide bonds. The summed E-state index contributed by atoms with van der Waals surface area (Å²) in [5, 5.41) is 0. The first-order chi connectivity index (χ1) is 13.8. The summed E-state index contributed by atoms with van der Waals surface area (Å²) < 4.78 is 10.4. The molecule has 0 N–H and O–H groups in total. The van der Waals surface area contributed by atoms with Crippen LogP contribution in [-0.2, 0) is 23.9 Å². The molecule has 0 aromatic carbocycles. The Bertz CT molecular complexity index is 596. The van der Waals surface area contributed by atoms with Crippen molar-refractivity contribution in [3.63, 3.8) is 0 Å². The van der Waals surface area contributed by atoms with E-state index in [1.54, 1.807) is 19.6 Å². The minimum atomic E-state index is -0.172. The standard InChI is InChI=1S/C19H32N4O6/c1-15(2)29-14-18(26)21-6-10-23(11-7-21)19(27)22-8-4-20(5-9-22)17(25)13-28-12-16(3)24/h15H,4-14H2,1-3H3. The highest BCUT2D eigenvalue weighted by atomic mass is 16.5. The molecule has 2 saturated heterocycles. The molecular formula is C19H32N4O6. The van der Waals surface area contributed by atoms with Gasteiger partial charge in [-0.1, -0.05) is 0 Å². The Labute approximate surface area is 171 Å². The summed E-state index contributed by atoms with van der Waals surface area (Å²) in [6.07, 6.45) is 0.00747. The Hall–Kier alpha value is -2.20. The van der Waals surface area contributed by atoms with Gasteiger partial charge in [0.05, 0.1) is 6.10 Å². The van der Waals surface area contributed by atoms with Gasteiger partial charge in [-0.3, -0.25) is 14.4 Å². The predicted octanol–water partition coefficient (Wildman–Crippen LogP) is -0.575. The van der Waals surface area contributed by atoms with Crippen LogP contribution < -0.4 is 0 Å². The first kappa shape index (κ1) is 23.1. The van der Waals surface area contributed by atoms with Gasteiger partial charge in [-0.2, -0.15) is 0 Å². The second-order valence-corrected chi connectivity index (χ2v) is 7.57. The van der Waals surface area contributed by atoms with Gasteiger partial charge in [0, 0.05) is 52.4 Å². The molecule has 10 heteroatoms. The number of hydrogen-bond donors (Lipinski definition) is 0. The van der Waals surface area contributed by atoms with Crippen LogP contribution in [0.3, 0.4) is 0 Å². The number of carbonyl (C=O) groups excluding carboxylic acids is 4. The van der Waals surface area contributed by atoms with E-state index in [1.165, 1.54) is 6.92 Å². The summed E-state index contributed by atoms with van der Waals surface area (Å²) in [5.74, 6) is -0.346. The summed E-state index contributed by atoms with van der Waals surface area (Å²) in [7, 11) is 0. The maximum atomic E-state index is 12.7. The van der Waals surface area contributed by atoms with Crippen LogP contribution >= 0.6 is 0 Å². The number of nitrogens with zero attached hydrogens (tertiary/aromatic N) is 4. The summed E-state index contributed by atoms with van der Waals surface area (Å²) in [4.78, 5) is 54.6. The molecular weight excluding hydrogens is 380 g/mol. The molecule has 0 bridgehead atoms. The Morgan fingerprint density at radius 3 is 1.52 bits per heavy atom. The molecule has 0 aromatic rings. The van der Waals surface area contributed by atoms with Crippen LogP contribution in [0.15, 0.2) is 0 Å². The van der Waals surface area contributed by atoms with Gasteiger partial charge in [-0.05, 0) is 20.8 Å². The van der Waals surface area contributed by atoms with Crippen LogP contribution in [0.5, 0.6) is 0 Å². The van der Waals surface area contributed by atoms with Crippen molar-refractivity contribution in [2.24, 2.45) is 0 Å². The highest BCUT2D eigenvalue weighted by Gasteiger charge is 2.30. The van der Waals surface area contributed by atoms with Crippen molar-refractivity contribution >= 4 is 23.6 Å². The lowest BCUT2D eigenvalue weighted by Gasteiger charge is -2.40. The number of ether oxygens (including phenoxy) is 2. The first-order valence-corrected chi connectivity index (χ1v) is 10.1. The van der Waals surface area contributed by atoms with Crippen LogP contribution in [-0.4, -0.2) is 122 Å². The third kappa shape index (κ3) is 7.28. The van der Waals surface area contributed by atoms with Crippen molar-refractivity contribution in [1.29, 1.82) is 0 Å². The molecule has 0 saturated carbocycles. The zero-order valence-corrected chi connectivity index (χ0v) is 17.6. The third-order valence-electron chi connectivity index (χ3n) is 4.88. The third-order valence-corrected chi connectivity index (χ3v) is 4.88. The first-order valence-electron chi connectivity index (χ1n) is 10.1. The summed E-state index contributed by atoms with van der Waals surface area (Å²) >= 11 is 0. The largest absolute Gasteiger partial charge is 0.369 e. The maximum absolute atomic E-state index is 12.7. The fourth-order valence-electron chi connectivity index (χ4n) is 3.20. The van der Waals surface area contributed by atoms with Crippen LogP contribution in [0.4, 0.5) is 4.79 Å². The van der Waals surface area contributed by atoms with E-state index in [1.807, 2.05) is 13.8 Å². The Morgan fingerprint density at radius 1 is 0.690 bits per heavy atom. The van der Waals surface area contributed by atoms with Gasteiger partial charge in [0.15, 0.2) is 5.78 Å². The zero-order chi connectivity index (χ0) is 21.4. The highest BCUT2D eigenvalue weighted by Crippen LogP contribution is 2.10. The van der Waals surface area contributed by atoms with Crippen molar-refractivity contribution in [3.05, 3.63) is 0 Å². The average Bonchev–Trinajstić information content (AvgIpc) is 2.71. The Morgan fingerprint density at radius 2 is 1.10 bits per heavy atom. The zero-order valence-electron chi connectivity index (χ0n) is 17.6. The predicted molar refractivity (Wildman–Crippen MR) is 104 cm³/mol. The second-order valence-electron chi connectivity index (χ2n) is 7.57. The minimum Gasteiger partial charge on any atom is -0.369 e. The Balaban J connectivity index is 1.70. The van der Waals surface area contributed by atoms with Crippen molar-refractivity contribution < 1.29 is 28.7 Å². The number of piperazine rings is 2. The molecule has 0 aromatic heterocycles. The molecule has 164 valence electrons. The van der Waals surface area contributed by atoms with Gasteiger partial charge in [0.2, 0.25) is 11.8 Å². The van der Waals surface area contributed by atoms with E-state index < -0.39 is 0 Å². The van der Waals surface area contributed by atoms with Gasteiger partial charge in [-0.15, -0.1) is 0 Å². The molecule has 2 aliphatic heterocycles. The van der Waals surface area contributed by atoms with Crippen LogP contribution in [0, 0.1) is 0 Å². The number of hydrogen-bond acceptors (Lipinski definition) is 6. The van der Waals surface area contributed by atoms with Gasteiger partial charge < -0.3 is 29.1 Å². The number of Topliss-reactive ketones (excluding diaryl/α,β-unsaturated/α-hetero) is 1. The molecule has 0 spiro atoms. The molecule has 0 unspecified atom stereocenters. The van der Waals surface area contributed by atoms with Gasteiger partial charge in [0.25, 0.3) is 0 Å². The number of amides is 4. The molecule has 10 nitrogen and oxygen atoms in total. The number of urea groups is 1. The lowest BCUT2D eigenvalue weighted by molar-refractivity contribution is -0.139. The average molecular weight is 412 g/mol. The lowest BCUT2D eigenvalue weighted by atomic mass is 10.3. The maximum Gasteiger partial charge on any atom is 0.320 e. The van der Waals surface area contributed by atoms with Gasteiger partial charge in [-0.25, -0.2) is 4.79 Å². The van der Waals surface area contributed by atoms with Crippen LogP contribution in [0.2, 0.25) is 0 Å². The molecule has 2 fully saturated rings. The van der Waals surface area contributed by atoms with Crippen LogP contribution in [0.1, 0.15) is 20.8 Å². The van der Waals surface area contributed by atoms with E-state index in [2.05, 4.69) is 0 Å². The Kier molecular flexibility index (Phi) is 8.84. The summed E-state index contributed by atoms with van der Waals surface area (Å²) in [5.41, 5.74) is 0. The molecule has 2 heterocycles. The lowest BCUT2D eigenvalue weighted by Crippen LogP contribution is -2.58. The van der Waals surface area contributed by atoms with E-state index in [0.717, 1.165) is 0 Å². The number of rotatable bonds is 7. The molecule has 29 heavy (non-hydrogen) atoms. The fourth-order valence-corrected chi connectivity index (χ4v) is 3.20. The SMILES string of the molecule is CC(=O)COCC(=O)N1CCN(C(=O)N2CCN(C(=O)COC(C)C)CC2)CC1.